The third-order valence-electron chi connectivity index (χ3n) is 5.44. The first-order valence-corrected chi connectivity index (χ1v) is 8.03. The number of hydrogen-bond acceptors (Lipinski definition) is 3. The van der Waals surface area contributed by atoms with Crippen molar-refractivity contribution >= 4 is 0 Å². The lowest BCUT2D eigenvalue weighted by atomic mass is 9.93. The summed E-state index contributed by atoms with van der Waals surface area (Å²) >= 11 is 0. The van der Waals surface area contributed by atoms with Crippen LogP contribution >= 0.6 is 0 Å². The molecule has 3 aliphatic rings. The highest BCUT2D eigenvalue weighted by Gasteiger charge is 2.36. The zero-order chi connectivity index (χ0) is 12.4. The van der Waals surface area contributed by atoms with Crippen LogP contribution < -0.4 is 5.32 Å². The van der Waals surface area contributed by atoms with E-state index >= 15 is 0 Å². The van der Waals surface area contributed by atoms with E-state index in [0.717, 1.165) is 6.04 Å². The molecule has 2 atom stereocenters. The van der Waals surface area contributed by atoms with E-state index in [1.807, 2.05) is 0 Å². The Bertz CT molecular complexity index is 267. The van der Waals surface area contributed by atoms with Crippen LogP contribution in [0.2, 0.25) is 0 Å². The van der Waals surface area contributed by atoms with Crippen molar-refractivity contribution < 1.29 is 0 Å². The summed E-state index contributed by atoms with van der Waals surface area (Å²) in [5.41, 5.74) is 0.444. The van der Waals surface area contributed by atoms with Gasteiger partial charge >= 0.3 is 0 Å². The van der Waals surface area contributed by atoms with Crippen LogP contribution in [-0.4, -0.2) is 60.6 Å². The number of nitrogens with zero attached hydrogens (tertiary/aromatic N) is 2. The summed E-state index contributed by atoms with van der Waals surface area (Å²) in [4.78, 5) is 5.46. The van der Waals surface area contributed by atoms with Crippen molar-refractivity contribution in [1.82, 2.24) is 15.1 Å². The number of rotatable bonds is 4. The number of nitrogens with one attached hydrogen (secondary N) is 1. The van der Waals surface area contributed by atoms with Gasteiger partial charge in [-0.05, 0) is 64.7 Å². The van der Waals surface area contributed by atoms with Crippen LogP contribution in [0.5, 0.6) is 0 Å². The van der Waals surface area contributed by atoms with Crippen molar-refractivity contribution in [2.75, 3.05) is 39.3 Å². The first-order chi connectivity index (χ1) is 8.81. The molecule has 3 fully saturated rings. The van der Waals surface area contributed by atoms with Gasteiger partial charge < -0.3 is 5.32 Å². The second-order valence-corrected chi connectivity index (χ2v) is 6.58. The molecule has 2 unspecified atom stereocenters. The maximum Gasteiger partial charge on any atom is 0.0306 e. The van der Waals surface area contributed by atoms with E-state index in [2.05, 4.69) is 22.0 Å². The molecule has 104 valence electrons. The third kappa shape index (κ3) is 2.59. The van der Waals surface area contributed by atoms with Gasteiger partial charge in [0.25, 0.3) is 0 Å². The van der Waals surface area contributed by atoms with E-state index in [0.29, 0.717) is 5.54 Å². The first-order valence-electron chi connectivity index (χ1n) is 8.03. The Hall–Kier alpha value is -0.120. The topological polar surface area (TPSA) is 18.5 Å². The van der Waals surface area contributed by atoms with Crippen LogP contribution in [0, 0.1) is 0 Å². The summed E-state index contributed by atoms with van der Waals surface area (Å²) < 4.78 is 0. The molecule has 3 aliphatic heterocycles. The summed E-state index contributed by atoms with van der Waals surface area (Å²) in [5.74, 6) is 0. The predicted octanol–water partition coefficient (Wildman–Crippen LogP) is 1.69. The summed E-state index contributed by atoms with van der Waals surface area (Å²) in [6.07, 6.45) is 8.30. The SMILES string of the molecule is CCC1(CN2CCC(N3CCCC3)C2)CCCN1. The number of hydrogen-bond donors (Lipinski definition) is 1. The van der Waals surface area contributed by atoms with Gasteiger partial charge in [-0.15, -0.1) is 0 Å². The molecule has 0 aromatic heterocycles. The first kappa shape index (κ1) is 12.9. The Morgan fingerprint density at radius 3 is 2.67 bits per heavy atom. The van der Waals surface area contributed by atoms with Crippen LogP contribution in [0.1, 0.15) is 45.4 Å². The van der Waals surface area contributed by atoms with E-state index in [-0.39, 0.29) is 0 Å². The highest BCUT2D eigenvalue weighted by molar-refractivity contribution is 4.97. The van der Waals surface area contributed by atoms with Crippen molar-refractivity contribution in [1.29, 1.82) is 0 Å². The minimum atomic E-state index is 0.444. The normalized spacial score (nSPS) is 38.8. The summed E-state index contributed by atoms with van der Waals surface area (Å²) in [7, 11) is 0. The summed E-state index contributed by atoms with van der Waals surface area (Å²) in [6, 6.07) is 0.864. The molecule has 0 radical (unpaired) electrons. The lowest BCUT2D eigenvalue weighted by molar-refractivity contribution is 0.193. The fraction of sp³-hybridized carbons (Fsp3) is 1.00. The molecule has 3 heterocycles. The molecule has 0 amide bonds. The van der Waals surface area contributed by atoms with Gasteiger partial charge in [0.05, 0.1) is 0 Å². The Kier molecular flexibility index (Phi) is 3.92. The highest BCUT2D eigenvalue weighted by Crippen LogP contribution is 2.27. The molecule has 0 saturated carbocycles. The molecular formula is C15H29N3. The third-order valence-corrected chi connectivity index (χ3v) is 5.44. The molecule has 3 saturated heterocycles. The molecule has 0 bridgehead atoms. The van der Waals surface area contributed by atoms with Crippen molar-refractivity contribution in [3.63, 3.8) is 0 Å². The lowest BCUT2D eigenvalue weighted by Gasteiger charge is -2.33. The van der Waals surface area contributed by atoms with Crippen LogP contribution in [0.4, 0.5) is 0 Å². The number of likely N-dealkylation sites (tertiary alicyclic amines) is 2. The fourth-order valence-electron chi connectivity index (χ4n) is 4.21. The molecule has 0 spiro atoms. The molecule has 3 nitrogen and oxygen atoms in total. The predicted molar refractivity (Wildman–Crippen MR) is 75.9 cm³/mol. The summed E-state index contributed by atoms with van der Waals surface area (Å²) in [6.45, 7) is 10.2. The smallest absolute Gasteiger partial charge is 0.0306 e. The van der Waals surface area contributed by atoms with Crippen molar-refractivity contribution in [2.24, 2.45) is 0 Å². The molecule has 0 aromatic carbocycles. The minimum absolute atomic E-state index is 0.444. The van der Waals surface area contributed by atoms with Crippen LogP contribution in [-0.2, 0) is 0 Å². The van der Waals surface area contributed by atoms with Gasteiger partial charge in [0.2, 0.25) is 0 Å². The average Bonchev–Trinajstić information content (AvgIpc) is 3.10. The van der Waals surface area contributed by atoms with E-state index in [9.17, 15) is 0 Å². The van der Waals surface area contributed by atoms with Crippen LogP contribution in [0.25, 0.3) is 0 Å². The van der Waals surface area contributed by atoms with Gasteiger partial charge in [0.1, 0.15) is 0 Å². The van der Waals surface area contributed by atoms with Crippen LogP contribution in [0.3, 0.4) is 0 Å². The molecule has 0 aromatic rings. The quantitative estimate of drug-likeness (QED) is 0.820. The maximum atomic E-state index is 3.78. The van der Waals surface area contributed by atoms with Crippen molar-refractivity contribution in [3.05, 3.63) is 0 Å². The van der Waals surface area contributed by atoms with E-state index < -0.39 is 0 Å². The fourth-order valence-corrected chi connectivity index (χ4v) is 4.21. The van der Waals surface area contributed by atoms with E-state index in [1.165, 1.54) is 77.8 Å². The summed E-state index contributed by atoms with van der Waals surface area (Å²) in [5, 5.41) is 3.78. The maximum absolute atomic E-state index is 3.78. The van der Waals surface area contributed by atoms with Gasteiger partial charge in [-0.3, -0.25) is 9.80 Å². The van der Waals surface area contributed by atoms with Gasteiger partial charge in [0, 0.05) is 24.7 Å². The Morgan fingerprint density at radius 1 is 1.17 bits per heavy atom. The Balaban J connectivity index is 1.52. The minimum Gasteiger partial charge on any atom is -0.310 e. The zero-order valence-electron chi connectivity index (χ0n) is 12.0. The molecule has 3 rings (SSSR count). The van der Waals surface area contributed by atoms with E-state index in [4.69, 9.17) is 0 Å². The second-order valence-electron chi connectivity index (χ2n) is 6.58. The van der Waals surface area contributed by atoms with Gasteiger partial charge in [-0.1, -0.05) is 6.92 Å². The van der Waals surface area contributed by atoms with Crippen molar-refractivity contribution in [2.45, 2.75) is 57.0 Å². The van der Waals surface area contributed by atoms with Crippen molar-refractivity contribution in [3.8, 4) is 0 Å². The molecule has 1 N–H and O–H groups in total. The average molecular weight is 251 g/mol. The lowest BCUT2D eigenvalue weighted by Crippen LogP contribution is -2.49. The monoisotopic (exact) mass is 251 g/mol. The highest BCUT2D eigenvalue weighted by atomic mass is 15.3. The standard InChI is InChI=1S/C15H29N3/c1-2-15(7-5-8-16-15)13-17-11-6-14(12-17)18-9-3-4-10-18/h14,16H,2-13H2,1H3. The van der Waals surface area contributed by atoms with Crippen LogP contribution in [0.15, 0.2) is 0 Å². The zero-order valence-corrected chi connectivity index (χ0v) is 12.0. The largest absolute Gasteiger partial charge is 0.310 e. The van der Waals surface area contributed by atoms with Gasteiger partial charge in [-0.2, -0.15) is 0 Å². The molecule has 0 aliphatic carbocycles. The van der Waals surface area contributed by atoms with E-state index in [1.54, 1.807) is 0 Å². The molecule has 18 heavy (non-hydrogen) atoms. The Labute approximate surface area is 112 Å². The Morgan fingerprint density at radius 2 is 2.00 bits per heavy atom. The van der Waals surface area contributed by atoms with Gasteiger partial charge in [-0.25, -0.2) is 0 Å². The molecular weight excluding hydrogens is 222 g/mol. The van der Waals surface area contributed by atoms with Gasteiger partial charge in [0.15, 0.2) is 0 Å². The second kappa shape index (κ2) is 5.48. The molecule has 3 heteroatoms.